The van der Waals surface area contributed by atoms with Gasteiger partial charge in [-0.2, -0.15) is 0 Å². The molecule has 0 aliphatic heterocycles. The third kappa shape index (κ3) is 2.62. The summed E-state index contributed by atoms with van der Waals surface area (Å²) in [5, 5.41) is -1.31. The van der Waals surface area contributed by atoms with Crippen molar-refractivity contribution in [3.05, 3.63) is 32.2 Å². The van der Waals surface area contributed by atoms with Gasteiger partial charge in [0.25, 0.3) is 0 Å². The van der Waals surface area contributed by atoms with Crippen molar-refractivity contribution >= 4 is 15.6 Å². The highest BCUT2D eigenvalue weighted by Gasteiger charge is 2.25. The molecule has 0 rings (SSSR count). The Bertz CT molecular complexity index is 287. The Labute approximate surface area is 72.7 Å². The van der Waals surface area contributed by atoms with Crippen LogP contribution in [0.1, 0.15) is 0 Å². The highest BCUT2D eigenvalue weighted by molar-refractivity contribution is 7.93. The van der Waals surface area contributed by atoms with Gasteiger partial charge in [-0.05, 0) is 0 Å². The molecular weight excluding hydrogens is 176 g/mol. The monoisotopic (exact) mass is 186 g/mol. The van der Waals surface area contributed by atoms with Crippen LogP contribution >= 0.6 is 0 Å². The van der Waals surface area contributed by atoms with Crippen molar-refractivity contribution in [2.24, 2.45) is 0 Å². The number of carbonyl (C=O) groups is 1. The first-order valence-corrected chi connectivity index (χ1v) is 4.91. The van der Waals surface area contributed by atoms with E-state index in [4.69, 9.17) is 6.92 Å². The highest BCUT2D eigenvalue weighted by Crippen LogP contribution is 2.05. The molecule has 0 aromatic carbocycles. The van der Waals surface area contributed by atoms with Gasteiger partial charge >= 0.3 is 0 Å². The van der Waals surface area contributed by atoms with E-state index in [0.717, 1.165) is 6.08 Å². The van der Waals surface area contributed by atoms with Crippen LogP contribution in [0.4, 0.5) is 0 Å². The first-order chi connectivity index (χ1) is 5.45. The van der Waals surface area contributed by atoms with E-state index < -0.39 is 20.9 Å². The lowest BCUT2D eigenvalue weighted by Crippen LogP contribution is -2.27. The largest absolute Gasteiger partial charge is 0.298 e. The molecule has 0 amide bonds. The van der Waals surface area contributed by atoms with Crippen LogP contribution < -0.4 is 0 Å². The lowest BCUT2D eigenvalue weighted by Gasteiger charge is -2.07. The fourth-order valence-corrected chi connectivity index (χ4v) is 1.89. The minimum Gasteiger partial charge on any atom is -0.298 e. The minimum atomic E-state index is -3.53. The van der Waals surface area contributed by atoms with E-state index in [-0.39, 0.29) is 5.75 Å². The predicted octanol–water partition coefficient (Wildman–Crippen LogP) is 0.422. The Balaban J connectivity index is 4.84. The molecule has 0 N–H and O–H groups in total. The van der Waals surface area contributed by atoms with Gasteiger partial charge in [0, 0.05) is 6.92 Å². The van der Waals surface area contributed by atoms with Crippen LogP contribution in [0, 0.1) is 6.92 Å². The molecule has 0 aliphatic carbocycles. The average Bonchev–Trinajstić information content (AvgIpc) is 1.86. The molecule has 0 aliphatic rings. The van der Waals surface area contributed by atoms with E-state index in [2.05, 4.69) is 13.2 Å². The van der Waals surface area contributed by atoms with E-state index >= 15 is 0 Å². The summed E-state index contributed by atoms with van der Waals surface area (Å²) in [7, 11) is -3.53. The zero-order valence-electron chi connectivity index (χ0n) is 6.56. The normalized spacial score (nSPS) is 13.4. The molecule has 0 saturated heterocycles. The Morgan fingerprint density at radius 1 is 1.50 bits per heavy atom. The van der Waals surface area contributed by atoms with Crippen molar-refractivity contribution in [2.75, 3.05) is 5.75 Å². The van der Waals surface area contributed by atoms with Crippen molar-refractivity contribution in [3.8, 4) is 0 Å². The fraction of sp³-hybridized carbons (Fsp3) is 0.250. The molecule has 2 radical (unpaired) electrons. The number of hydrogen-bond donors (Lipinski definition) is 0. The van der Waals surface area contributed by atoms with E-state index in [9.17, 15) is 13.2 Å². The molecule has 0 aromatic rings. The highest BCUT2D eigenvalue weighted by atomic mass is 32.2. The van der Waals surface area contributed by atoms with Gasteiger partial charge in [-0.3, -0.25) is 4.79 Å². The van der Waals surface area contributed by atoms with Gasteiger partial charge < -0.3 is 0 Å². The number of rotatable bonds is 5. The predicted molar refractivity (Wildman–Crippen MR) is 47.3 cm³/mol. The summed E-state index contributed by atoms with van der Waals surface area (Å²) in [4.78, 5) is 10.6. The van der Waals surface area contributed by atoms with Gasteiger partial charge in [-0.25, -0.2) is 8.42 Å². The third-order valence-electron chi connectivity index (χ3n) is 1.23. The molecule has 1 unspecified atom stereocenters. The van der Waals surface area contributed by atoms with Crippen LogP contribution in [0.15, 0.2) is 25.3 Å². The van der Waals surface area contributed by atoms with Crippen LogP contribution in [0.2, 0.25) is 0 Å². The average molecular weight is 186 g/mol. The van der Waals surface area contributed by atoms with Crippen LogP contribution in [-0.2, 0) is 14.6 Å². The minimum absolute atomic E-state index is 0.271. The summed E-state index contributed by atoms with van der Waals surface area (Å²) in [6, 6.07) is 0. The van der Waals surface area contributed by atoms with E-state index in [1.54, 1.807) is 0 Å². The summed E-state index contributed by atoms with van der Waals surface area (Å²) in [5.74, 6) is -1.18. The summed E-state index contributed by atoms with van der Waals surface area (Å²) in [6.45, 7) is 11.3. The van der Waals surface area contributed by atoms with Crippen LogP contribution in [0.3, 0.4) is 0 Å². The van der Waals surface area contributed by atoms with Crippen molar-refractivity contribution < 1.29 is 13.2 Å². The summed E-state index contributed by atoms with van der Waals surface area (Å²) in [6.07, 6.45) is 2.22. The first-order valence-electron chi connectivity index (χ1n) is 3.20. The van der Waals surface area contributed by atoms with Crippen LogP contribution in [-0.4, -0.2) is 25.2 Å². The fourth-order valence-electron chi connectivity index (χ4n) is 0.708. The number of hydrogen-bond acceptors (Lipinski definition) is 3. The van der Waals surface area contributed by atoms with Crippen molar-refractivity contribution in [1.29, 1.82) is 0 Å². The topological polar surface area (TPSA) is 51.2 Å². The molecule has 1 atom stereocenters. The van der Waals surface area contributed by atoms with Gasteiger partial charge in [0.05, 0.1) is 5.75 Å². The molecule has 0 bridgehead atoms. The molecule has 0 spiro atoms. The molecular formula is C8H10O3S. The second kappa shape index (κ2) is 4.21. The van der Waals surface area contributed by atoms with Crippen molar-refractivity contribution in [1.82, 2.24) is 0 Å². The molecule has 12 heavy (non-hydrogen) atoms. The lowest BCUT2D eigenvalue weighted by atomic mass is 10.3. The molecule has 3 nitrogen and oxygen atoms in total. The maximum Gasteiger partial charge on any atom is 0.167 e. The summed E-state index contributed by atoms with van der Waals surface area (Å²) >= 11 is 0. The molecule has 0 saturated carbocycles. The summed E-state index contributed by atoms with van der Waals surface area (Å²) < 4.78 is 22.3. The smallest absolute Gasteiger partial charge is 0.167 e. The molecule has 0 aromatic heterocycles. The van der Waals surface area contributed by atoms with Gasteiger partial charge in [-0.1, -0.05) is 12.2 Å². The molecule has 0 heterocycles. The lowest BCUT2D eigenvalue weighted by molar-refractivity contribution is -0.113. The standard InChI is InChI=1S/C8H10O3S/c1-4-6-12(10,11)8(5-2)7(3)9/h3-5,8H,1-2,6H2. The Morgan fingerprint density at radius 3 is 2.25 bits per heavy atom. The molecule has 0 fully saturated rings. The third-order valence-corrected chi connectivity index (χ3v) is 3.13. The van der Waals surface area contributed by atoms with Crippen LogP contribution in [0.25, 0.3) is 0 Å². The van der Waals surface area contributed by atoms with Gasteiger partial charge in [0.15, 0.2) is 15.6 Å². The van der Waals surface area contributed by atoms with Gasteiger partial charge in [0.2, 0.25) is 0 Å². The van der Waals surface area contributed by atoms with Gasteiger partial charge in [0.1, 0.15) is 5.25 Å². The second-order valence-corrected chi connectivity index (χ2v) is 4.34. The Morgan fingerprint density at radius 2 is 2.00 bits per heavy atom. The van der Waals surface area contributed by atoms with Gasteiger partial charge in [-0.15, -0.1) is 13.2 Å². The quantitative estimate of drug-likeness (QED) is 0.585. The maximum atomic E-state index is 11.2. The van der Waals surface area contributed by atoms with Crippen LogP contribution in [0.5, 0.6) is 0 Å². The Hall–Kier alpha value is -0.900. The van der Waals surface area contributed by atoms with Crippen molar-refractivity contribution in [3.63, 3.8) is 0 Å². The first kappa shape index (κ1) is 11.1. The second-order valence-electron chi connectivity index (χ2n) is 2.18. The maximum absolute atomic E-state index is 11.2. The Kier molecular flexibility index (Phi) is 3.89. The number of carbonyl (C=O) groups excluding carboxylic acids is 1. The number of ketones is 1. The molecule has 66 valence electrons. The zero-order valence-corrected chi connectivity index (χ0v) is 7.38. The van der Waals surface area contributed by atoms with E-state index in [1.165, 1.54) is 6.08 Å². The van der Waals surface area contributed by atoms with E-state index in [1.807, 2.05) is 0 Å². The number of sulfone groups is 1. The molecule has 4 heteroatoms. The summed E-state index contributed by atoms with van der Waals surface area (Å²) in [5.41, 5.74) is 0. The SMILES string of the molecule is [CH]C(=O)C(C=C)S(=O)(=O)CC=C. The van der Waals surface area contributed by atoms with Crippen molar-refractivity contribution in [2.45, 2.75) is 5.25 Å². The van der Waals surface area contributed by atoms with E-state index in [0.29, 0.717) is 0 Å². The number of Topliss-reactive ketones (excluding diaryl/α,β-unsaturated/α-hetero) is 1. The zero-order chi connectivity index (χ0) is 9.78.